The van der Waals surface area contributed by atoms with Gasteiger partial charge in [-0.1, -0.05) is 0 Å². The van der Waals surface area contributed by atoms with E-state index < -0.39 is 0 Å². The van der Waals surface area contributed by atoms with Crippen LogP contribution in [0.15, 0.2) is 0 Å². The van der Waals surface area contributed by atoms with E-state index in [4.69, 9.17) is 17.3 Å². The minimum Gasteiger partial charge on any atom is -0.370 e. The van der Waals surface area contributed by atoms with Crippen LogP contribution in [0.5, 0.6) is 0 Å². The van der Waals surface area contributed by atoms with Gasteiger partial charge in [-0.3, -0.25) is 4.79 Å². The molecule has 110 valence electrons. The summed E-state index contributed by atoms with van der Waals surface area (Å²) in [6.07, 6.45) is 2.26. The summed E-state index contributed by atoms with van der Waals surface area (Å²) in [7, 11) is 0. The molecule has 1 aromatic heterocycles. The highest BCUT2D eigenvalue weighted by Crippen LogP contribution is 2.24. The summed E-state index contributed by atoms with van der Waals surface area (Å²) in [5.74, 6) is 1.19. The summed E-state index contributed by atoms with van der Waals surface area (Å²) >= 11 is 5.91. The Morgan fingerprint density at radius 3 is 2.70 bits per heavy atom. The molecule has 0 spiro atoms. The largest absolute Gasteiger partial charge is 0.370 e. The molecule has 1 aliphatic rings. The lowest BCUT2D eigenvalue weighted by molar-refractivity contribution is -0.119. The van der Waals surface area contributed by atoms with Gasteiger partial charge < -0.3 is 16.0 Å². The topological polar surface area (TPSA) is 97.0 Å². The number of piperidine rings is 1. The molecule has 0 saturated carbocycles. The van der Waals surface area contributed by atoms with E-state index in [0.29, 0.717) is 24.2 Å². The van der Waals surface area contributed by atoms with Gasteiger partial charge in [-0.2, -0.15) is 15.0 Å². The minimum atomic E-state index is -0.235. The third-order valence-electron chi connectivity index (χ3n) is 3.32. The predicted molar refractivity (Wildman–Crippen MR) is 77.7 cm³/mol. The van der Waals surface area contributed by atoms with E-state index in [-0.39, 0.29) is 11.2 Å². The summed E-state index contributed by atoms with van der Waals surface area (Å²) in [5, 5.41) is 3.21. The van der Waals surface area contributed by atoms with Crippen LogP contribution in [0.4, 0.5) is 11.9 Å². The third kappa shape index (κ3) is 3.93. The molecule has 0 aromatic carbocycles. The second-order valence-electron chi connectivity index (χ2n) is 4.86. The zero-order valence-corrected chi connectivity index (χ0v) is 12.2. The molecule has 0 atom stereocenters. The molecule has 8 heteroatoms. The van der Waals surface area contributed by atoms with E-state index in [1.165, 1.54) is 0 Å². The molecule has 0 radical (unpaired) electrons. The van der Waals surface area contributed by atoms with Crippen LogP contribution in [0.1, 0.15) is 26.2 Å². The highest BCUT2D eigenvalue weighted by Gasteiger charge is 2.23. The summed E-state index contributed by atoms with van der Waals surface area (Å²) in [4.78, 5) is 25.5. The first kappa shape index (κ1) is 14.8. The van der Waals surface area contributed by atoms with E-state index in [2.05, 4.69) is 25.2 Å². The molecular weight excluding hydrogens is 280 g/mol. The van der Waals surface area contributed by atoms with Crippen LogP contribution in [0.3, 0.4) is 0 Å². The van der Waals surface area contributed by atoms with Gasteiger partial charge in [0, 0.05) is 26.1 Å². The van der Waals surface area contributed by atoms with Crippen LogP contribution in [0, 0.1) is 5.92 Å². The first-order chi connectivity index (χ1) is 9.58. The fourth-order valence-electron chi connectivity index (χ4n) is 2.34. The molecule has 1 amide bonds. The molecule has 0 unspecified atom stereocenters. The smallest absolute Gasteiger partial charge is 0.231 e. The minimum absolute atomic E-state index is 0.185. The lowest BCUT2D eigenvalue weighted by Gasteiger charge is -2.31. The average molecular weight is 299 g/mol. The SMILES string of the molecule is CCNc1nc(Cl)nc(N2CCC(CC(N)=O)CC2)n1. The molecule has 0 bridgehead atoms. The van der Waals surface area contributed by atoms with Crippen molar-refractivity contribution >= 4 is 29.4 Å². The van der Waals surface area contributed by atoms with Crippen LogP contribution < -0.4 is 16.0 Å². The van der Waals surface area contributed by atoms with Crippen molar-refractivity contribution in [2.24, 2.45) is 11.7 Å². The van der Waals surface area contributed by atoms with Gasteiger partial charge in [-0.05, 0) is 37.3 Å². The molecule has 3 N–H and O–H groups in total. The van der Waals surface area contributed by atoms with Crippen molar-refractivity contribution in [1.82, 2.24) is 15.0 Å². The standard InChI is InChI=1S/C12H19ClN6O/c1-2-15-11-16-10(13)17-12(18-11)19-5-3-8(4-6-19)7-9(14)20/h8H,2-7H2,1H3,(H2,14,20)(H,15,16,17,18). The van der Waals surface area contributed by atoms with Gasteiger partial charge in [0.2, 0.25) is 23.1 Å². The van der Waals surface area contributed by atoms with Crippen molar-refractivity contribution in [1.29, 1.82) is 0 Å². The molecule has 1 aliphatic heterocycles. The Bertz CT molecular complexity index is 475. The maximum Gasteiger partial charge on any atom is 0.231 e. The number of primary amides is 1. The molecule has 1 aromatic rings. The van der Waals surface area contributed by atoms with E-state index in [9.17, 15) is 4.79 Å². The summed E-state index contributed by atoms with van der Waals surface area (Å²) in [5.41, 5.74) is 5.23. The first-order valence-corrected chi connectivity index (χ1v) is 7.15. The third-order valence-corrected chi connectivity index (χ3v) is 3.49. The van der Waals surface area contributed by atoms with Crippen molar-refractivity contribution < 1.29 is 4.79 Å². The average Bonchev–Trinajstić information content (AvgIpc) is 2.38. The van der Waals surface area contributed by atoms with Crippen LogP contribution >= 0.6 is 11.6 Å². The van der Waals surface area contributed by atoms with E-state index in [0.717, 1.165) is 32.5 Å². The van der Waals surface area contributed by atoms with Crippen molar-refractivity contribution in [2.75, 3.05) is 29.9 Å². The predicted octanol–water partition coefficient (Wildman–Crippen LogP) is 1.05. The number of nitrogens with zero attached hydrogens (tertiary/aromatic N) is 4. The molecule has 2 heterocycles. The maximum absolute atomic E-state index is 10.9. The molecular formula is C12H19ClN6O. The first-order valence-electron chi connectivity index (χ1n) is 6.77. The maximum atomic E-state index is 10.9. The Hall–Kier alpha value is -1.63. The van der Waals surface area contributed by atoms with Gasteiger partial charge >= 0.3 is 0 Å². The van der Waals surface area contributed by atoms with Crippen LogP contribution in [0.2, 0.25) is 5.28 Å². The Kier molecular flexibility index (Phi) is 4.94. The quantitative estimate of drug-likeness (QED) is 0.843. The number of carbonyl (C=O) groups excluding carboxylic acids is 1. The number of aromatic nitrogens is 3. The number of nitrogens with one attached hydrogen (secondary N) is 1. The zero-order valence-electron chi connectivity index (χ0n) is 11.5. The fourth-order valence-corrected chi connectivity index (χ4v) is 2.50. The zero-order chi connectivity index (χ0) is 14.5. The lowest BCUT2D eigenvalue weighted by atomic mass is 9.93. The van der Waals surface area contributed by atoms with Crippen LogP contribution in [0.25, 0.3) is 0 Å². The summed E-state index contributed by atoms with van der Waals surface area (Å²) in [6, 6.07) is 0. The number of rotatable bonds is 5. The highest BCUT2D eigenvalue weighted by atomic mass is 35.5. The van der Waals surface area contributed by atoms with Gasteiger partial charge in [0.25, 0.3) is 0 Å². The number of anilines is 2. The van der Waals surface area contributed by atoms with Crippen molar-refractivity contribution in [3.63, 3.8) is 0 Å². The Morgan fingerprint density at radius 1 is 1.40 bits per heavy atom. The number of hydrogen-bond donors (Lipinski definition) is 2. The second-order valence-corrected chi connectivity index (χ2v) is 5.20. The normalized spacial score (nSPS) is 16.2. The lowest BCUT2D eigenvalue weighted by Crippen LogP contribution is -2.36. The van der Waals surface area contributed by atoms with E-state index >= 15 is 0 Å². The fraction of sp³-hybridized carbons (Fsp3) is 0.667. The van der Waals surface area contributed by atoms with Gasteiger partial charge in [-0.25, -0.2) is 0 Å². The van der Waals surface area contributed by atoms with Crippen molar-refractivity contribution in [3.8, 4) is 0 Å². The number of nitrogens with two attached hydrogens (primary N) is 1. The van der Waals surface area contributed by atoms with Gasteiger partial charge in [0.1, 0.15) is 0 Å². The van der Waals surface area contributed by atoms with Crippen LogP contribution in [-0.2, 0) is 4.79 Å². The Morgan fingerprint density at radius 2 is 2.10 bits per heavy atom. The summed E-state index contributed by atoms with van der Waals surface area (Å²) < 4.78 is 0. The Balaban J connectivity index is 2.01. The van der Waals surface area contributed by atoms with E-state index in [1.807, 2.05) is 6.92 Å². The van der Waals surface area contributed by atoms with E-state index in [1.54, 1.807) is 0 Å². The van der Waals surface area contributed by atoms with Gasteiger partial charge in [-0.15, -0.1) is 0 Å². The summed E-state index contributed by atoms with van der Waals surface area (Å²) in [6.45, 7) is 4.28. The molecule has 2 rings (SSSR count). The Labute approximate surface area is 122 Å². The highest BCUT2D eigenvalue weighted by molar-refractivity contribution is 6.28. The van der Waals surface area contributed by atoms with Crippen LogP contribution in [-0.4, -0.2) is 40.5 Å². The van der Waals surface area contributed by atoms with Gasteiger partial charge in [0.05, 0.1) is 0 Å². The molecule has 1 fully saturated rings. The number of amides is 1. The molecule has 7 nitrogen and oxygen atoms in total. The van der Waals surface area contributed by atoms with Gasteiger partial charge in [0.15, 0.2) is 0 Å². The second kappa shape index (κ2) is 6.69. The number of halogens is 1. The molecule has 0 aliphatic carbocycles. The molecule has 1 saturated heterocycles. The van der Waals surface area contributed by atoms with Crippen molar-refractivity contribution in [2.45, 2.75) is 26.2 Å². The van der Waals surface area contributed by atoms with Crippen molar-refractivity contribution in [3.05, 3.63) is 5.28 Å². The monoisotopic (exact) mass is 298 g/mol. The number of carbonyl (C=O) groups is 1. The number of hydrogen-bond acceptors (Lipinski definition) is 6. The molecule has 20 heavy (non-hydrogen) atoms.